The van der Waals surface area contributed by atoms with Crippen molar-refractivity contribution in [2.24, 2.45) is 0 Å². The lowest BCUT2D eigenvalue weighted by Crippen LogP contribution is -2.08. The van der Waals surface area contributed by atoms with Gasteiger partial charge in [0.15, 0.2) is 5.52 Å². The second-order valence-corrected chi connectivity index (χ2v) is 5.57. The Hall–Kier alpha value is -3.40. The van der Waals surface area contributed by atoms with Crippen LogP contribution < -0.4 is 5.56 Å². The molecule has 0 amide bonds. The normalized spacial score (nSPS) is 11.2. The Bertz CT molecular complexity index is 1040. The van der Waals surface area contributed by atoms with Gasteiger partial charge in [0.2, 0.25) is 0 Å². The van der Waals surface area contributed by atoms with Gasteiger partial charge in [0.25, 0.3) is 11.2 Å². The Labute approximate surface area is 137 Å². The molecule has 120 valence electrons. The molecular weight excluding hydrogens is 336 g/mol. The summed E-state index contributed by atoms with van der Waals surface area (Å²) in [4.78, 5) is 39.0. The lowest BCUT2D eigenvalue weighted by molar-refractivity contribution is -0.384. The molecule has 0 atom stereocenters. The lowest BCUT2D eigenvalue weighted by Gasteiger charge is -1.96. The van der Waals surface area contributed by atoms with Crippen LogP contribution in [0.15, 0.2) is 34.4 Å². The van der Waals surface area contributed by atoms with Gasteiger partial charge in [-0.1, -0.05) is 6.08 Å². The first-order valence-corrected chi connectivity index (χ1v) is 7.42. The number of hydrogen-bond acceptors (Lipinski definition) is 7. The molecule has 10 heteroatoms. The van der Waals surface area contributed by atoms with Crippen LogP contribution in [0.5, 0.6) is 0 Å². The zero-order valence-corrected chi connectivity index (χ0v) is 12.6. The quantitative estimate of drug-likeness (QED) is 0.571. The highest BCUT2D eigenvalue weighted by Crippen LogP contribution is 2.27. The molecule has 24 heavy (non-hydrogen) atoms. The number of hydrogen-bond donors (Lipinski definition) is 1. The van der Waals surface area contributed by atoms with E-state index in [9.17, 15) is 25.0 Å². The Kier molecular flexibility index (Phi) is 3.88. The maximum absolute atomic E-state index is 11.9. The summed E-state index contributed by atoms with van der Waals surface area (Å²) in [5.41, 5.74) is -0.0122. The third kappa shape index (κ3) is 2.90. The molecule has 0 saturated carbocycles. The molecule has 0 bridgehead atoms. The number of nitrogens with zero attached hydrogens (tertiary/aromatic N) is 3. The van der Waals surface area contributed by atoms with Crippen LogP contribution in [0, 0.1) is 20.2 Å². The number of non-ortho nitro benzene ring substituents is 1. The predicted octanol–water partition coefficient (Wildman–Crippen LogP) is 2.97. The van der Waals surface area contributed by atoms with Crippen molar-refractivity contribution in [1.29, 1.82) is 0 Å². The molecule has 0 fully saturated rings. The molecule has 0 radical (unpaired) electrons. The van der Waals surface area contributed by atoms with Gasteiger partial charge >= 0.3 is 5.69 Å². The Morgan fingerprint density at radius 2 is 1.79 bits per heavy atom. The van der Waals surface area contributed by atoms with E-state index in [4.69, 9.17) is 0 Å². The zero-order chi connectivity index (χ0) is 17.3. The number of fused-ring (bicyclic) bond motifs is 1. The summed E-state index contributed by atoms with van der Waals surface area (Å²) in [7, 11) is 0. The van der Waals surface area contributed by atoms with Crippen LogP contribution >= 0.6 is 11.3 Å². The molecule has 2 heterocycles. The SMILES string of the molecule is O=c1[nH]c(/C=C/c2ccc([N+](=O)[O-])cc2)nc2c([N+](=O)[O-])csc12. The summed E-state index contributed by atoms with van der Waals surface area (Å²) < 4.78 is 0.189. The minimum absolute atomic E-state index is 0.0333. The first kappa shape index (κ1) is 15.5. The number of aromatic nitrogens is 2. The summed E-state index contributed by atoms with van der Waals surface area (Å²) in [5.74, 6) is 0.160. The van der Waals surface area contributed by atoms with E-state index >= 15 is 0 Å². The molecule has 3 aromatic rings. The highest BCUT2D eigenvalue weighted by Gasteiger charge is 2.18. The third-order valence-corrected chi connectivity index (χ3v) is 4.12. The molecule has 0 spiro atoms. The van der Waals surface area contributed by atoms with Gasteiger partial charge in [0.1, 0.15) is 10.5 Å². The van der Waals surface area contributed by atoms with Crippen LogP contribution in [0.1, 0.15) is 11.4 Å². The molecule has 0 aliphatic rings. The predicted molar refractivity (Wildman–Crippen MR) is 88.9 cm³/mol. The average Bonchev–Trinajstić information content (AvgIpc) is 2.98. The summed E-state index contributed by atoms with van der Waals surface area (Å²) in [6.07, 6.45) is 3.06. The first-order chi connectivity index (χ1) is 11.5. The van der Waals surface area contributed by atoms with Crippen LogP contribution in [0.25, 0.3) is 22.4 Å². The van der Waals surface area contributed by atoms with E-state index in [1.165, 1.54) is 35.7 Å². The Morgan fingerprint density at radius 1 is 1.08 bits per heavy atom. The van der Waals surface area contributed by atoms with Crippen LogP contribution in [-0.2, 0) is 0 Å². The first-order valence-electron chi connectivity index (χ1n) is 6.54. The van der Waals surface area contributed by atoms with E-state index in [1.54, 1.807) is 6.08 Å². The van der Waals surface area contributed by atoms with Crippen LogP contribution in [-0.4, -0.2) is 19.8 Å². The van der Waals surface area contributed by atoms with E-state index in [0.29, 0.717) is 5.56 Å². The smallest absolute Gasteiger partial charge is 0.306 e. The van der Waals surface area contributed by atoms with Gasteiger partial charge in [-0.05, 0) is 23.8 Å². The van der Waals surface area contributed by atoms with Gasteiger partial charge in [0.05, 0.1) is 15.2 Å². The van der Waals surface area contributed by atoms with Crippen molar-refractivity contribution in [1.82, 2.24) is 9.97 Å². The van der Waals surface area contributed by atoms with Gasteiger partial charge in [-0.15, -0.1) is 11.3 Å². The van der Waals surface area contributed by atoms with E-state index < -0.39 is 15.4 Å². The Balaban J connectivity index is 1.97. The fourth-order valence-corrected chi connectivity index (χ4v) is 2.87. The van der Waals surface area contributed by atoms with Gasteiger partial charge in [-0.3, -0.25) is 25.0 Å². The van der Waals surface area contributed by atoms with Crippen molar-refractivity contribution in [3.05, 3.63) is 71.6 Å². The minimum atomic E-state index is -0.588. The third-order valence-electron chi connectivity index (χ3n) is 3.16. The topological polar surface area (TPSA) is 132 Å². The van der Waals surface area contributed by atoms with E-state index in [2.05, 4.69) is 9.97 Å². The molecule has 2 aromatic heterocycles. The fraction of sp³-hybridized carbons (Fsp3) is 0. The number of rotatable bonds is 4. The fourth-order valence-electron chi connectivity index (χ4n) is 2.02. The van der Waals surface area contributed by atoms with Gasteiger partial charge in [0, 0.05) is 12.1 Å². The minimum Gasteiger partial charge on any atom is -0.306 e. The summed E-state index contributed by atoms with van der Waals surface area (Å²) in [6, 6.07) is 5.78. The van der Waals surface area contributed by atoms with Crippen LogP contribution in [0.4, 0.5) is 11.4 Å². The molecule has 0 unspecified atom stereocenters. The molecular formula is C14H8N4O5S. The molecule has 0 saturated heterocycles. The molecule has 9 nitrogen and oxygen atoms in total. The number of thiophene rings is 1. The van der Waals surface area contributed by atoms with Crippen molar-refractivity contribution < 1.29 is 9.85 Å². The average molecular weight is 344 g/mol. The van der Waals surface area contributed by atoms with Crippen molar-refractivity contribution in [2.45, 2.75) is 0 Å². The molecule has 3 rings (SSSR count). The molecule has 0 aliphatic heterocycles. The second-order valence-electron chi connectivity index (χ2n) is 4.69. The standard InChI is InChI=1S/C14H8N4O5S/c19-14-13-12(10(7-24-13)18(22)23)15-11(16-14)6-3-8-1-4-9(5-2-8)17(20)21/h1-7H,(H,15,16,19)/b6-3+. The highest BCUT2D eigenvalue weighted by molar-refractivity contribution is 7.17. The van der Waals surface area contributed by atoms with Gasteiger partial charge in [-0.25, -0.2) is 4.98 Å². The number of benzene rings is 1. The molecule has 1 aromatic carbocycles. The largest absolute Gasteiger partial charge is 0.306 e. The highest BCUT2D eigenvalue weighted by atomic mass is 32.1. The number of nitrogens with one attached hydrogen (secondary N) is 1. The maximum atomic E-state index is 11.9. The van der Waals surface area contributed by atoms with Crippen molar-refractivity contribution in [3.8, 4) is 0 Å². The number of H-pyrrole nitrogens is 1. The summed E-state index contributed by atoms with van der Waals surface area (Å²) in [6.45, 7) is 0. The van der Waals surface area contributed by atoms with Crippen molar-refractivity contribution in [2.75, 3.05) is 0 Å². The lowest BCUT2D eigenvalue weighted by atomic mass is 10.2. The van der Waals surface area contributed by atoms with Crippen LogP contribution in [0.3, 0.4) is 0 Å². The van der Waals surface area contributed by atoms with Crippen LogP contribution in [0.2, 0.25) is 0 Å². The number of nitro benzene ring substituents is 1. The van der Waals surface area contributed by atoms with E-state index in [1.807, 2.05) is 0 Å². The number of nitro groups is 2. The monoisotopic (exact) mass is 344 g/mol. The van der Waals surface area contributed by atoms with Crippen molar-refractivity contribution >= 4 is 45.1 Å². The van der Waals surface area contributed by atoms with Gasteiger partial charge < -0.3 is 4.98 Å². The summed E-state index contributed by atoms with van der Waals surface area (Å²) in [5, 5.41) is 22.8. The maximum Gasteiger partial charge on any atom is 0.306 e. The van der Waals surface area contributed by atoms with Crippen molar-refractivity contribution in [3.63, 3.8) is 0 Å². The van der Waals surface area contributed by atoms with E-state index in [0.717, 1.165) is 11.3 Å². The van der Waals surface area contributed by atoms with E-state index in [-0.39, 0.29) is 27.4 Å². The second kappa shape index (κ2) is 6.01. The molecule has 0 aliphatic carbocycles. The zero-order valence-electron chi connectivity index (χ0n) is 11.8. The van der Waals surface area contributed by atoms with Gasteiger partial charge in [-0.2, -0.15) is 0 Å². The summed E-state index contributed by atoms with van der Waals surface area (Å²) >= 11 is 0.961. The molecule has 1 N–H and O–H groups in total. The number of aromatic amines is 1. The Morgan fingerprint density at radius 3 is 2.42 bits per heavy atom.